The van der Waals surface area contributed by atoms with Crippen LogP contribution >= 0.6 is 0 Å². The highest BCUT2D eigenvalue weighted by molar-refractivity contribution is 6.39. The van der Waals surface area contributed by atoms with Gasteiger partial charge < -0.3 is 18.9 Å². The minimum absolute atomic E-state index is 0.00327. The van der Waals surface area contributed by atoms with Crippen LogP contribution in [-0.2, 0) is 28.5 Å². The summed E-state index contributed by atoms with van der Waals surface area (Å²) in [7, 11) is 0. The number of hydrogen-bond acceptors (Lipinski definition) is 9. The summed E-state index contributed by atoms with van der Waals surface area (Å²) in [6.07, 6.45) is -0.977. The van der Waals surface area contributed by atoms with E-state index in [2.05, 4.69) is 4.99 Å². The number of benzene rings is 1. The van der Waals surface area contributed by atoms with Gasteiger partial charge in [0.1, 0.15) is 0 Å². The highest BCUT2D eigenvalue weighted by Crippen LogP contribution is 2.37. The lowest BCUT2D eigenvalue weighted by atomic mass is 9.98. The molecule has 0 bridgehead atoms. The van der Waals surface area contributed by atoms with Crippen LogP contribution in [0.3, 0.4) is 0 Å². The molecule has 0 aliphatic carbocycles. The largest absolute Gasteiger partial charge is 0.464 e. The Morgan fingerprint density at radius 3 is 2.07 bits per heavy atom. The predicted octanol–water partition coefficient (Wildman–Crippen LogP) is 2.53. The number of hydrogen-bond donors (Lipinski definition) is 0. The van der Waals surface area contributed by atoms with E-state index in [1.54, 1.807) is 27.7 Å². The highest BCUT2D eigenvalue weighted by Gasteiger charge is 2.44. The van der Waals surface area contributed by atoms with Gasteiger partial charge in [-0.25, -0.2) is 29.1 Å². The van der Waals surface area contributed by atoms with Gasteiger partial charge in [0.05, 0.1) is 37.7 Å². The maximum atomic E-state index is 12.8. The molecule has 0 N–H and O–H groups in total. The van der Waals surface area contributed by atoms with Crippen molar-refractivity contribution in [3.8, 4) is 0 Å². The van der Waals surface area contributed by atoms with Gasteiger partial charge in [-0.05, 0) is 45.9 Å². The molecule has 0 spiro atoms. The second-order valence-electron chi connectivity index (χ2n) is 5.87. The molecule has 10 heteroatoms. The summed E-state index contributed by atoms with van der Waals surface area (Å²) in [5.74, 6) is -2.74. The Kier molecular flexibility index (Phi) is 7.90. The third-order valence-electron chi connectivity index (χ3n) is 3.98. The van der Waals surface area contributed by atoms with E-state index >= 15 is 0 Å². The Hall–Kier alpha value is -3.43. The lowest BCUT2D eigenvalue weighted by Crippen LogP contribution is -2.49. The van der Waals surface area contributed by atoms with Crippen LogP contribution in [0.4, 0.5) is 10.5 Å². The average Bonchev–Trinajstić information content (AvgIpc) is 2.72. The molecule has 1 aliphatic rings. The van der Waals surface area contributed by atoms with Crippen molar-refractivity contribution in [2.24, 2.45) is 4.99 Å². The molecule has 1 unspecified atom stereocenters. The van der Waals surface area contributed by atoms with E-state index in [4.69, 9.17) is 18.9 Å². The summed E-state index contributed by atoms with van der Waals surface area (Å²) in [4.78, 5) is 55.1. The summed E-state index contributed by atoms with van der Waals surface area (Å²) in [5.41, 5.74) is 0.563. The minimum atomic E-state index is -1.40. The van der Waals surface area contributed by atoms with Crippen molar-refractivity contribution in [1.82, 2.24) is 4.90 Å². The van der Waals surface area contributed by atoms with Crippen molar-refractivity contribution in [1.29, 1.82) is 0 Å². The minimum Gasteiger partial charge on any atom is -0.464 e. The molecule has 10 nitrogen and oxygen atoms in total. The second-order valence-corrected chi connectivity index (χ2v) is 5.87. The number of aliphatic imine (C=N–C) groups is 1. The maximum absolute atomic E-state index is 12.8. The SMILES string of the molecule is CCOC(=O)C1=Nc2ccc(C(=O)OCC)cc2C(C(=O)OCC)N1C(=O)OCC. The Balaban J connectivity index is 2.69. The fraction of sp³-hybridized carbons (Fsp3) is 0.450. The van der Waals surface area contributed by atoms with Crippen molar-refractivity contribution >= 4 is 35.5 Å². The molecule has 1 aromatic carbocycles. The number of esters is 3. The number of rotatable bonds is 7. The van der Waals surface area contributed by atoms with Crippen LogP contribution in [0.15, 0.2) is 23.2 Å². The first-order chi connectivity index (χ1) is 14.4. The van der Waals surface area contributed by atoms with Crippen LogP contribution in [0.2, 0.25) is 0 Å². The fourth-order valence-corrected chi connectivity index (χ4v) is 2.82. The van der Waals surface area contributed by atoms with Gasteiger partial charge >= 0.3 is 24.0 Å². The maximum Gasteiger partial charge on any atom is 0.416 e. The quantitative estimate of drug-likeness (QED) is 0.487. The molecule has 162 valence electrons. The molecule has 0 fully saturated rings. The van der Waals surface area contributed by atoms with Gasteiger partial charge in [0.15, 0.2) is 6.04 Å². The smallest absolute Gasteiger partial charge is 0.416 e. The van der Waals surface area contributed by atoms with Gasteiger partial charge in [-0.2, -0.15) is 0 Å². The van der Waals surface area contributed by atoms with Gasteiger partial charge in [-0.1, -0.05) is 0 Å². The van der Waals surface area contributed by atoms with Crippen molar-refractivity contribution in [3.63, 3.8) is 0 Å². The van der Waals surface area contributed by atoms with Gasteiger partial charge in [-0.15, -0.1) is 0 Å². The molecule has 0 saturated heterocycles. The van der Waals surface area contributed by atoms with Crippen LogP contribution in [0.1, 0.15) is 49.7 Å². The normalized spacial score (nSPS) is 14.9. The van der Waals surface area contributed by atoms with Crippen molar-refractivity contribution in [2.75, 3.05) is 26.4 Å². The van der Waals surface area contributed by atoms with Crippen molar-refractivity contribution < 1.29 is 38.1 Å². The van der Waals surface area contributed by atoms with E-state index < -0.39 is 35.9 Å². The highest BCUT2D eigenvalue weighted by atomic mass is 16.6. The molecule has 1 atom stereocenters. The van der Waals surface area contributed by atoms with Crippen molar-refractivity contribution in [2.45, 2.75) is 33.7 Å². The summed E-state index contributed by atoms with van der Waals surface area (Å²) < 4.78 is 20.1. The number of amidine groups is 1. The van der Waals surface area contributed by atoms with E-state index in [9.17, 15) is 19.2 Å². The molecular formula is C20H24N2O8. The summed E-state index contributed by atoms with van der Waals surface area (Å²) in [6.45, 7) is 6.67. The fourth-order valence-electron chi connectivity index (χ4n) is 2.82. The topological polar surface area (TPSA) is 121 Å². The molecule has 0 saturated carbocycles. The van der Waals surface area contributed by atoms with Crippen LogP contribution < -0.4 is 0 Å². The number of ether oxygens (including phenoxy) is 4. The van der Waals surface area contributed by atoms with Gasteiger partial charge in [0.2, 0.25) is 5.84 Å². The van der Waals surface area contributed by atoms with Crippen LogP contribution in [0, 0.1) is 0 Å². The molecule has 0 aromatic heterocycles. The van der Waals surface area contributed by atoms with Crippen molar-refractivity contribution in [3.05, 3.63) is 29.3 Å². The Morgan fingerprint density at radius 2 is 1.47 bits per heavy atom. The zero-order valence-corrected chi connectivity index (χ0v) is 17.3. The summed E-state index contributed by atoms with van der Waals surface area (Å²) in [5, 5.41) is 0. The lowest BCUT2D eigenvalue weighted by Gasteiger charge is -2.33. The standard InChI is InChI=1S/C20H24N2O8/c1-5-27-17(23)12-9-10-14-13(11-12)15(18(24)28-6-2)22(20(26)30-8-4)16(21-14)19(25)29-7-3/h9-11,15H,5-8H2,1-4H3. The predicted molar refractivity (Wildman–Crippen MR) is 104 cm³/mol. The number of nitrogens with zero attached hydrogens (tertiary/aromatic N) is 2. The molecule has 1 aliphatic heterocycles. The number of fused-ring (bicyclic) bond motifs is 1. The Morgan fingerprint density at radius 1 is 0.867 bits per heavy atom. The van der Waals surface area contributed by atoms with E-state index in [1.165, 1.54) is 18.2 Å². The van der Waals surface area contributed by atoms with Gasteiger partial charge in [0.25, 0.3) is 0 Å². The first-order valence-electron chi connectivity index (χ1n) is 9.58. The monoisotopic (exact) mass is 420 g/mol. The molecule has 1 heterocycles. The summed E-state index contributed by atoms with van der Waals surface area (Å²) >= 11 is 0. The number of carbonyl (C=O) groups excluding carboxylic acids is 4. The second kappa shape index (κ2) is 10.4. The zero-order chi connectivity index (χ0) is 22.3. The van der Waals surface area contributed by atoms with Crippen LogP contribution in [0.25, 0.3) is 0 Å². The molecule has 2 rings (SSSR count). The van der Waals surface area contributed by atoms with E-state index in [1.807, 2.05) is 0 Å². The summed E-state index contributed by atoms with van der Waals surface area (Å²) in [6, 6.07) is 2.89. The molecule has 30 heavy (non-hydrogen) atoms. The third-order valence-corrected chi connectivity index (χ3v) is 3.98. The molecule has 1 aromatic rings. The van der Waals surface area contributed by atoms with Gasteiger partial charge in [-0.3, -0.25) is 0 Å². The van der Waals surface area contributed by atoms with E-state index in [0.29, 0.717) is 0 Å². The average molecular weight is 420 g/mol. The Bertz CT molecular complexity index is 864. The van der Waals surface area contributed by atoms with Gasteiger partial charge in [0, 0.05) is 5.56 Å². The van der Waals surface area contributed by atoms with Crippen LogP contribution in [0.5, 0.6) is 0 Å². The lowest BCUT2D eigenvalue weighted by molar-refractivity contribution is -0.148. The first kappa shape index (κ1) is 22.9. The van der Waals surface area contributed by atoms with E-state index in [0.717, 1.165) is 4.90 Å². The van der Waals surface area contributed by atoms with Crippen LogP contribution in [-0.4, -0.2) is 61.2 Å². The van der Waals surface area contributed by atoms with E-state index in [-0.39, 0.29) is 43.2 Å². The molecular weight excluding hydrogens is 396 g/mol. The zero-order valence-electron chi connectivity index (χ0n) is 17.3. The Labute approximate surface area is 173 Å². The number of amides is 1. The third kappa shape index (κ3) is 4.76. The molecule has 1 amide bonds. The number of carbonyl (C=O) groups is 4. The first-order valence-corrected chi connectivity index (χ1v) is 9.58. The molecule has 0 radical (unpaired) electrons.